The summed E-state index contributed by atoms with van der Waals surface area (Å²) >= 11 is 0. The predicted molar refractivity (Wildman–Crippen MR) is 165 cm³/mol. The maximum atomic E-state index is 15.6. The van der Waals surface area contributed by atoms with Crippen LogP contribution >= 0.6 is 0 Å². The Morgan fingerprint density at radius 3 is 2.76 bits per heavy atom. The molecule has 0 amide bonds. The van der Waals surface area contributed by atoms with Gasteiger partial charge in [-0.3, -0.25) is 4.90 Å². The summed E-state index contributed by atoms with van der Waals surface area (Å²) in [4.78, 5) is 18.9. The van der Waals surface area contributed by atoms with Gasteiger partial charge in [0.2, 0.25) is 0 Å². The smallest absolute Gasteiger partial charge is 0.335 e. The van der Waals surface area contributed by atoms with Gasteiger partial charge in [0.05, 0.1) is 64.1 Å². The first-order valence-electron chi connectivity index (χ1n) is 16.5. The van der Waals surface area contributed by atoms with E-state index in [1.165, 1.54) is 24.3 Å². The number of piperidine rings is 1. The number of methoxy groups -OCH3 is 1. The van der Waals surface area contributed by atoms with E-state index in [1.807, 2.05) is 18.2 Å². The van der Waals surface area contributed by atoms with Gasteiger partial charge < -0.3 is 23.9 Å². The van der Waals surface area contributed by atoms with Crippen LogP contribution in [0.4, 0.5) is 4.39 Å². The lowest BCUT2D eigenvalue weighted by Gasteiger charge is -2.34. The Morgan fingerprint density at radius 1 is 1.18 bits per heavy atom. The maximum absolute atomic E-state index is 15.6. The van der Waals surface area contributed by atoms with Gasteiger partial charge in [0, 0.05) is 12.2 Å². The fraction of sp³-hybridized carbons (Fsp3) is 0.343. The molecule has 230 valence electrons. The largest absolute Gasteiger partial charge is 0.496 e. The molecule has 2 saturated heterocycles. The van der Waals surface area contributed by atoms with Crippen LogP contribution in [0.3, 0.4) is 0 Å². The van der Waals surface area contributed by atoms with Crippen LogP contribution in [0.1, 0.15) is 73.8 Å². The van der Waals surface area contributed by atoms with Crippen LogP contribution in [0.25, 0.3) is 16.9 Å². The molecule has 0 unspecified atom stereocenters. The molecule has 45 heavy (non-hydrogen) atoms. The lowest BCUT2D eigenvalue weighted by atomic mass is 9.86. The fourth-order valence-corrected chi connectivity index (χ4v) is 6.52. The molecule has 9 nitrogen and oxygen atoms in total. The van der Waals surface area contributed by atoms with Crippen molar-refractivity contribution < 1.29 is 32.6 Å². The zero-order valence-electron chi connectivity index (χ0n) is 27.4. The van der Waals surface area contributed by atoms with E-state index >= 15 is 4.39 Å². The van der Waals surface area contributed by atoms with Crippen LogP contribution in [0.5, 0.6) is 11.5 Å². The lowest BCUT2D eigenvalue weighted by molar-refractivity contribution is -0.0592. The van der Waals surface area contributed by atoms with E-state index in [9.17, 15) is 15.2 Å². The number of aromatic nitrogens is 2. The van der Waals surface area contributed by atoms with Gasteiger partial charge >= 0.3 is 5.97 Å². The van der Waals surface area contributed by atoms with Crippen LogP contribution in [0.15, 0.2) is 60.7 Å². The zero-order chi connectivity index (χ0) is 33.6. The SMILES string of the molecule is [2H]C([2H])([2H])Oc1cc(C#N)ccc1[C@H]1C=C(F)c2cccc(C3CCN(Cc4nc5ccc(C(=O)O)cc5n4C[C@@H]4CCO4)CC3)c2O1. The highest BCUT2D eigenvalue weighted by Crippen LogP contribution is 2.46. The van der Waals surface area contributed by atoms with E-state index < -0.39 is 24.9 Å². The number of carbonyl (C=O) groups is 1. The van der Waals surface area contributed by atoms with Crippen molar-refractivity contribution in [1.29, 1.82) is 5.26 Å². The third-order valence-corrected chi connectivity index (χ3v) is 9.05. The number of carboxylic acids is 1. The Morgan fingerprint density at radius 2 is 2.02 bits per heavy atom. The van der Waals surface area contributed by atoms with Crippen LogP contribution < -0.4 is 9.47 Å². The number of halogens is 1. The fourth-order valence-electron chi connectivity index (χ4n) is 6.52. The van der Waals surface area contributed by atoms with Crippen molar-refractivity contribution >= 4 is 22.8 Å². The van der Waals surface area contributed by atoms with Crippen molar-refractivity contribution in [2.75, 3.05) is 26.7 Å². The summed E-state index contributed by atoms with van der Waals surface area (Å²) in [7, 11) is -2.77. The van der Waals surface area contributed by atoms with E-state index in [1.54, 1.807) is 24.3 Å². The summed E-state index contributed by atoms with van der Waals surface area (Å²) in [6.07, 6.45) is 2.93. The zero-order valence-corrected chi connectivity index (χ0v) is 24.4. The van der Waals surface area contributed by atoms with Crippen molar-refractivity contribution in [3.63, 3.8) is 0 Å². The van der Waals surface area contributed by atoms with Gasteiger partial charge in [-0.15, -0.1) is 0 Å². The number of aromatic carboxylic acids is 1. The summed E-state index contributed by atoms with van der Waals surface area (Å²) in [6, 6.07) is 16.8. The lowest BCUT2D eigenvalue weighted by Crippen LogP contribution is -2.35. The van der Waals surface area contributed by atoms with Gasteiger partial charge in [-0.1, -0.05) is 12.1 Å². The maximum Gasteiger partial charge on any atom is 0.335 e. The molecule has 0 bridgehead atoms. The number of carboxylic acid groups (broad SMARTS) is 1. The number of nitrogens with zero attached hydrogens (tertiary/aromatic N) is 4. The molecule has 3 aliphatic rings. The van der Waals surface area contributed by atoms with E-state index in [-0.39, 0.29) is 28.9 Å². The van der Waals surface area contributed by atoms with Crippen molar-refractivity contribution in [3.05, 3.63) is 94.3 Å². The first kappa shape index (κ1) is 25.6. The molecule has 4 aromatic rings. The molecule has 1 aromatic heterocycles. The van der Waals surface area contributed by atoms with Gasteiger partial charge in [0.15, 0.2) is 0 Å². The highest BCUT2D eigenvalue weighted by molar-refractivity contribution is 5.92. The molecule has 0 saturated carbocycles. The number of benzene rings is 3. The Balaban J connectivity index is 1.10. The Kier molecular flexibility index (Phi) is 6.82. The Hall–Kier alpha value is -4.72. The van der Waals surface area contributed by atoms with Gasteiger partial charge in [-0.05, 0) is 92.4 Å². The highest BCUT2D eigenvalue weighted by atomic mass is 19.1. The van der Waals surface area contributed by atoms with Gasteiger partial charge in [-0.25, -0.2) is 14.2 Å². The molecule has 0 aliphatic carbocycles. The van der Waals surface area contributed by atoms with Crippen LogP contribution in [-0.2, 0) is 17.8 Å². The normalized spacial score (nSPS) is 21.3. The number of likely N-dealkylation sites (tertiary alicyclic amines) is 1. The minimum atomic E-state index is -2.77. The number of hydrogen-bond acceptors (Lipinski definition) is 7. The van der Waals surface area contributed by atoms with E-state index in [0.29, 0.717) is 30.0 Å². The molecule has 7 rings (SSSR count). The van der Waals surface area contributed by atoms with Gasteiger partial charge in [0.1, 0.15) is 29.3 Å². The molecule has 2 fully saturated rings. The number of nitriles is 1. The second kappa shape index (κ2) is 12.0. The standard InChI is InChI=1S/C35H33FN4O5/c1-43-31-15-21(18-37)5-7-27(31)32-17-28(36)26-4-2-3-25(34(26)45-32)22-9-12-39(13-10-22)20-33-38-29-8-6-23(35(41)42)16-30(29)40(33)19-24-11-14-44-24/h2-8,15-17,22,24,32H,9-14,19-20H2,1H3,(H,41,42)/t24-,32+/m0/s1/i1D3. The molecule has 3 aliphatic heterocycles. The Labute approximate surface area is 264 Å². The summed E-state index contributed by atoms with van der Waals surface area (Å²) in [5.74, 6) is -0.168. The average Bonchev–Trinajstić information content (AvgIpc) is 3.37. The van der Waals surface area contributed by atoms with Crippen molar-refractivity contribution in [2.45, 2.75) is 50.5 Å². The first-order valence-corrected chi connectivity index (χ1v) is 15.0. The predicted octanol–water partition coefficient (Wildman–Crippen LogP) is 6.23. The molecular weight excluding hydrogens is 575 g/mol. The third kappa shape index (κ3) is 5.54. The minimum absolute atomic E-state index is 0.0635. The molecule has 0 radical (unpaired) electrons. The molecule has 0 spiro atoms. The second-order valence-electron chi connectivity index (χ2n) is 11.7. The molecule has 4 heterocycles. The summed E-state index contributed by atoms with van der Waals surface area (Å²) in [6.45, 7) is 3.43. The van der Waals surface area contributed by atoms with Crippen molar-refractivity contribution in [1.82, 2.24) is 14.5 Å². The molecule has 10 heteroatoms. The topological polar surface area (TPSA) is 110 Å². The molecule has 2 atom stereocenters. The summed E-state index contributed by atoms with van der Waals surface area (Å²) < 4.78 is 57.8. The number of rotatable bonds is 8. The van der Waals surface area contributed by atoms with Gasteiger partial charge in [-0.2, -0.15) is 5.26 Å². The van der Waals surface area contributed by atoms with Crippen molar-refractivity contribution in [2.24, 2.45) is 0 Å². The second-order valence-corrected chi connectivity index (χ2v) is 11.7. The van der Waals surface area contributed by atoms with Crippen LogP contribution in [0.2, 0.25) is 0 Å². The number of imidazole rings is 1. The average molecular weight is 612 g/mol. The van der Waals surface area contributed by atoms with E-state index in [4.69, 9.17) is 23.3 Å². The Bertz CT molecular complexity index is 1960. The van der Waals surface area contributed by atoms with Crippen LogP contribution in [0, 0.1) is 11.3 Å². The quantitative estimate of drug-likeness (QED) is 0.250. The minimum Gasteiger partial charge on any atom is -0.496 e. The third-order valence-electron chi connectivity index (χ3n) is 9.05. The van der Waals surface area contributed by atoms with E-state index in [0.717, 1.165) is 61.4 Å². The number of ether oxygens (including phenoxy) is 3. The highest BCUT2D eigenvalue weighted by Gasteiger charge is 2.31. The molecule has 1 N–H and O–H groups in total. The summed E-state index contributed by atoms with van der Waals surface area (Å²) in [5, 5.41) is 18.9. The monoisotopic (exact) mass is 611 g/mol. The molecular formula is C35H33FN4O5. The van der Waals surface area contributed by atoms with Gasteiger partial charge in [0.25, 0.3) is 0 Å². The summed E-state index contributed by atoms with van der Waals surface area (Å²) in [5.41, 5.74) is 3.48. The van der Waals surface area contributed by atoms with E-state index in [2.05, 4.69) is 9.47 Å². The van der Waals surface area contributed by atoms with Crippen molar-refractivity contribution in [3.8, 4) is 17.6 Å². The first-order chi connectivity index (χ1) is 23.1. The number of hydrogen-bond donors (Lipinski definition) is 1. The number of para-hydroxylation sites is 1. The van der Waals surface area contributed by atoms with Crippen LogP contribution in [-0.4, -0.2) is 58.4 Å². The number of fused-ring (bicyclic) bond motifs is 2. The molecule has 3 aromatic carbocycles.